The molecule has 20 heavy (non-hydrogen) atoms. The highest BCUT2D eigenvalue weighted by Gasteiger charge is 2.23. The van der Waals surface area contributed by atoms with Crippen LogP contribution in [0.4, 0.5) is 5.69 Å². The van der Waals surface area contributed by atoms with Crippen molar-refractivity contribution in [2.45, 2.75) is 39.2 Å². The van der Waals surface area contributed by atoms with E-state index < -0.39 is 17.9 Å². The number of hydrogen-bond donors (Lipinski definition) is 2. The van der Waals surface area contributed by atoms with Crippen LogP contribution in [0.5, 0.6) is 0 Å². The van der Waals surface area contributed by atoms with Crippen molar-refractivity contribution in [2.24, 2.45) is 5.73 Å². The van der Waals surface area contributed by atoms with E-state index in [-0.39, 0.29) is 6.61 Å². The Labute approximate surface area is 119 Å². The number of anilines is 1. The largest absolute Gasteiger partial charge is 0.464 e. The highest BCUT2D eigenvalue weighted by Crippen LogP contribution is 2.12. The zero-order valence-corrected chi connectivity index (χ0v) is 12.0. The second-order valence-corrected chi connectivity index (χ2v) is 4.52. The third kappa shape index (κ3) is 5.01. The zero-order valence-electron chi connectivity index (χ0n) is 12.0. The van der Waals surface area contributed by atoms with Gasteiger partial charge in [0.2, 0.25) is 0 Å². The molecular weight excluding hydrogens is 256 g/mol. The van der Waals surface area contributed by atoms with Crippen LogP contribution < -0.4 is 11.1 Å². The molecular formula is C15H22N2O3. The van der Waals surface area contributed by atoms with Gasteiger partial charge < -0.3 is 15.8 Å². The van der Waals surface area contributed by atoms with Crippen molar-refractivity contribution < 1.29 is 14.3 Å². The first-order valence-corrected chi connectivity index (χ1v) is 6.90. The quantitative estimate of drug-likeness (QED) is 0.589. The first kappa shape index (κ1) is 16.2. The van der Waals surface area contributed by atoms with Crippen molar-refractivity contribution in [1.29, 1.82) is 0 Å². The van der Waals surface area contributed by atoms with Crippen molar-refractivity contribution in [1.82, 2.24) is 0 Å². The molecule has 1 amide bonds. The lowest BCUT2D eigenvalue weighted by molar-refractivity contribution is -0.146. The summed E-state index contributed by atoms with van der Waals surface area (Å²) in [6, 6.07) is 6.24. The van der Waals surface area contributed by atoms with Gasteiger partial charge in [0.25, 0.3) is 5.91 Å². The fourth-order valence-electron chi connectivity index (χ4n) is 1.69. The number of carbonyl (C=O) groups is 2. The third-order valence-electron chi connectivity index (χ3n) is 2.86. The minimum atomic E-state index is -1.30. The van der Waals surface area contributed by atoms with Gasteiger partial charge in [0, 0.05) is 5.69 Å². The summed E-state index contributed by atoms with van der Waals surface area (Å²) in [5, 5.41) is 2.60. The summed E-state index contributed by atoms with van der Waals surface area (Å²) in [6.45, 7) is 4.01. The molecule has 1 aromatic carbocycles. The van der Waals surface area contributed by atoms with E-state index in [1.165, 1.54) is 5.56 Å². The Bertz CT molecular complexity index is 443. The predicted molar refractivity (Wildman–Crippen MR) is 78.3 cm³/mol. The number of esters is 1. The normalized spacial score (nSPS) is 11.8. The van der Waals surface area contributed by atoms with Crippen LogP contribution in [0, 0.1) is 0 Å². The second-order valence-electron chi connectivity index (χ2n) is 4.52. The lowest BCUT2D eigenvalue weighted by Gasteiger charge is -2.11. The molecule has 1 atom stereocenters. The number of hydrogen-bond acceptors (Lipinski definition) is 4. The molecule has 5 nitrogen and oxygen atoms in total. The number of aryl methyl sites for hydroxylation is 1. The predicted octanol–water partition coefficient (Wildman–Crippen LogP) is 1.86. The molecule has 0 heterocycles. The van der Waals surface area contributed by atoms with Crippen LogP contribution in [0.25, 0.3) is 0 Å². The summed E-state index contributed by atoms with van der Waals surface area (Å²) < 4.78 is 4.70. The lowest BCUT2D eigenvalue weighted by Crippen LogP contribution is -2.43. The van der Waals surface area contributed by atoms with Gasteiger partial charge in [0.1, 0.15) is 0 Å². The average molecular weight is 278 g/mol. The van der Waals surface area contributed by atoms with Gasteiger partial charge in [-0.05, 0) is 37.5 Å². The van der Waals surface area contributed by atoms with E-state index in [1.54, 1.807) is 19.1 Å². The molecule has 0 spiro atoms. The van der Waals surface area contributed by atoms with Crippen LogP contribution in [0.3, 0.4) is 0 Å². The minimum Gasteiger partial charge on any atom is -0.464 e. The van der Waals surface area contributed by atoms with Gasteiger partial charge in [-0.2, -0.15) is 0 Å². The minimum absolute atomic E-state index is 0.200. The molecule has 0 saturated carbocycles. The first-order valence-electron chi connectivity index (χ1n) is 6.90. The first-order chi connectivity index (χ1) is 9.58. The van der Waals surface area contributed by atoms with E-state index >= 15 is 0 Å². The fraction of sp³-hybridized carbons (Fsp3) is 0.467. The standard InChI is InChI=1S/C15H22N2O3/c1-3-5-6-11-7-9-12(10-8-11)17-14(18)13(16)15(19)20-4-2/h7-10,13H,3-6,16H2,1-2H3,(H,17,18). The molecule has 0 bridgehead atoms. The molecule has 0 saturated heterocycles. The van der Waals surface area contributed by atoms with E-state index in [1.807, 2.05) is 12.1 Å². The van der Waals surface area contributed by atoms with E-state index in [0.29, 0.717) is 5.69 Å². The molecule has 110 valence electrons. The molecule has 1 unspecified atom stereocenters. The monoisotopic (exact) mass is 278 g/mol. The molecule has 1 aromatic rings. The Balaban J connectivity index is 2.55. The molecule has 5 heteroatoms. The molecule has 1 rings (SSSR count). The Morgan fingerprint density at radius 1 is 1.25 bits per heavy atom. The topological polar surface area (TPSA) is 81.4 Å². The maximum atomic E-state index is 11.7. The van der Waals surface area contributed by atoms with E-state index in [0.717, 1.165) is 19.3 Å². The van der Waals surface area contributed by atoms with Crippen molar-refractivity contribution in [2.75, 3.05) is 11.9 Å². The molecule has 0 fully saturated rings. The molecule has 0 aliphatic heterocycles. The summed E-state index contributed by atoms with van der Waals surface area (Å²) in [6.07, 6.45) is 3.30. The number of amides is 1. The number of nitrogens with two attached hydrogens (primary N) is 1. The van der Waals surface area contributed by atoms with Gasteiger partial charge in [-0.3, -0.25) is 4.79 Å². The fourth-order valence-corrected chi connectivity index (χ4v) is 1.69. The molecule has 0 radical (unpaired) electrons. The molecule has 0 aliphatic rings. The highest BCUT2D eigenvalue weighted by atomic mass is 16.5. The van der Waals surface area contributed by atoms with Crippen LogP contribution in [0.15, 0.2) is 24.3 Å². The maximum absolute atomic E-state index is 11.7. The van der Waals surface area contributed by atoms with Crippen molar-refractivity contribution >= 4 is 17.6 Å². The van der Waals surface area contributed by atoms with Crippen LogP contribution in [-0.4, -0.2) is 24.5 Å². The van der Waals surface area contributed by atoms with Gasteiger partial charge >= 0.3 is 5.97 Å². The van der Waals surface area contributed by atoms with Crippen LogP contribution in [-0.2, 0) is 20.7 Å². The van der Waals surface area contributed by atoms with Crippen LogP contribution in [0.1, 0.15) is 32.3 Å². The van der Waals surface area contributed by atoms with E-state index in [2.05, 4.69) is 12.2 Å². The zero-order chi connectivity index (χ0) is 15.0. The van der Waals surface area contributed by atoms with Crippen LogP contribution in [0.2, 0.25) is 0 Å². The smallest absolute Gasteiger partial charge is 0.332 e. The van der Waals surface area contributed by atoms with Gasteiger partial charge in [-0.1, -0.05) is 25.5 Å². The van der Waals surface area contributed by atoms with Gasteiger partial charge in [-0.25, -0.2) is 4.79 Å². The van der Waals surface area contributed by atoms with Crippen molar-refractivity contribution in [3.8, 4) is 0 Å². The Hall–Kier alpha value is -1.88. The number of carbonyl (C=O) groups excluding carboxylic acids is 2. The van der Waals surface area contributed by atoms with Crippen LogP contribution >= 0.6 is 0 Å². The van der Waals surface area contributed by atoms with Gasteiger partial charge in [0.15, 0.2) is 6.04 Å². The number of unbranched alkanes of at least 4 members (excludes halogenated alkanes) is 1. The third-order valence-corrected chi connectivity index (χ3v) is 2.86. The number of benzene rings is 1. The second kappa shape index (κ2) is 8.32. The van der Waals surface area contributed by atoms with Gasteiger partial charge in [0.05, 0.1) is 6.61 Å². The molecule has 3 N–H and O–H groups in total. The highest BCUT2D eigenvalue weighted by molar-refractivity contribution is 6.08. The van der Waals surface area contributed by atoms with Crippen molar-refractivity contribution in [3.63, 3.8) is 0 Å². The number of nitrogens with one attached hydrogen (secondary N) is 1. The molecule has 0 aromatic heterocycles. The SMILES string of the molecule is CCCCc1ccc(NC(=O)C(N)C(=O)OCC)cc1. The lowest BCUT2D eigenvalue weighted by atomic mass is 10.1. The molecule has 0 aliphatic carbocycles. The Kier molecular flexibility index (Phi) is 6.73. The maximum Gasteiger partial charge on any atom is 0.332 e. The summed E-state index contributed by atoms with van der Waals surface area (Å²) in [5.74, 6) is -1.28. The summed E-state index contributed by atoms with van der Waals surface area (Å²) in [4.78, 5) is 23.1. The van der Waals surface area contributed by atoms with E-state index in [4.69, 9.17) is 10.5 Å². The number of ether oxygens (including phenoxy) is 1. The van der Waals surface area contributed by atoms with Crippen molar-refractivity contribution in [3.05, 3.63) is 29.8 Å². The number of rotatable bonds is 7. The van der Waals surface area contributed by atoms with Gasteiger partial charge in [-0.15, -0.1) is 0 Å². The Morgan fingerprint density at radius 3 is 2.45 bits per heavy atom. The average Bonchev–Trinajstić information content (AvgIpc) is 2.46. The summed E-state index contributed by atoms with van der Waals surface area (Å²) in [7, 11) is 0. The Morgan fingerprint density at radius 2 is 1.90 bits per heavy atom. The van der Waals surface area contributed by atoms with E-state index in [9.17, 15) is 9.59 Å². The summed E-state index contributed by atoms with van der Waals surface area (Å²) >= 11 is 0. The summed E-state index contributed by atoms with van der Waals surface area (Å²) in [5.41, 5.74) is 7.35.